The van der Waals surface area contributed by atoms with Crippen LogP contribution in [-0.4, -0.2) is 16.0 Å². The lowest BCUT2D eigenvalue weighted by Gasteiger charge is -2.25. The second-order valence-electron chi connectivity index (χ2n) is 4.29. The van der Waals surface area contributed by atoms with E-state index in [1.807, 2.05) is 23.9 Å². The SMILES string of the molecule is CC1CSc2ccccc2C1=C1SC(=S)NC1=O. The third-order valence-electron chi connectivity index (χ3n) is 3.02. The van der Waals surface area contributed by atoms with Gasteiger partial charge in [-0.05, 0) is 23.1 Å². The molecule has 0 aliphatic carbocycles. The molecule has 2 aliphatic heterocycles. The molecular formula is C13H11NOS3. The summed E-state index contributed by atoms with van der Waals surface area (Å²) >= 11 is 8.31. The van der Waals surface area contributed by atoms with Crippen molar-refractivity contribution in [3.63, 3.8) is 0 Å². The van der Waals surface area contributed by atoms with Gasteiger partial charge in [0, 0.05) is 10.6 Å². The number of thioether (sulfide) groups is 2. The standard InChI is InChI=1S/C13H11NOS3/c1-7-6-17-9-5-3-2-4-8(9)10(7)11-12(15)14-13(16)18-11/h2-5,7H,6H2,1H3,(H,14,15,16). The van der Waals surface area contributed by atoms with Gasteiger partial charge in [0.2, 0.25) is 0 Å². The maximum Gasteiger partial charge on any atom is 0.263 e. The van der Waals surface area contributed by atoms with Crippen LogP contribution < -0.4 is 5.32 Å². The molecule has 3 rings (SSSR count). The van der Waals surface area contributed by atoms with Gasteiger partial charge < -0.3 is 5.32 Å². The Morgan fingerprint density at radius 3 is 2.89 bits per heavy atom. The third-order valence-corrected chi connectivity index (χ3v) is 5.60. The third kappa shape index (κ3) is 2.00. The lowest BCUT2D eigenvalue weighted by Crippen LogP contribution is -2.20. The predicted molar refractivity (Wildman–Crippen MR) is 81.6 cm³/mol. The molecule has 92 valence electrons. The Hall–Kier alpha value is -0.780. The van der Waals surface area contributed by atoms with Gasteiger partial charge >= 0.3 is 0 Å². The minimum absolute atomic E-state index is 0.0476. The first-order valence-corrected chi connectivity index (χ1v) is 7.87. The minimum Gasteiger partial charge on any atom is -0.307 e. The molecule has 2 nitrogen and oxygen atoms in total. The lowest BCUT2D eigenvalue weighted by atomic mass is 9.94. The van der Waals surface area contributed by atoms with Gasteiger partial charge in [0.15, 0.2) is 0 Å². The second kappa shape index (κ2) is 4.72. The number of carbonyl (C=O) groups is 1. The lowest BCUT2D eigenvalue weighted by molar-refractivity contribution is -0.115. The average molecular weight is 293 g/mol. The smallest absolute Gasteiger partial charge is 0.263 e. The molecule has 0 aromatic heterocycles. The van der Waals surface area contributed by atoms with Crippen LogP contribution in [0.1, 0.15) is 12.5 Å². The molecule has 1 amide bonds. The van der Waals surface area contributed by atoms with Crippen molar-refractivity contribution in [3.05, 3.63) is 34.7 Å². The fraction of sp³-hybridized carbons (Fsp3) is 0.231. The van der Waals surface area contributed by atoms with E-state index in [1.54, 1.807) is 0 Å². The van der Waals surface area contributed by atoms with Crippen LogP contribution in [0.25, 0.3) is 5.57 Å². The van der Waals surface area contributed by atoms with E-state index in [1.165, 1.54) is 22.2 Å². The molecule has 1 saturated heterocycles. The summed E-state index contributed by atoms with van der Waals surface area (Å²) in [5, 5.41) is 2.71. The molecule has 0 radical (unpaired) electrons. The monoisotopic (exact) mass is 293 g/mol. The zero-order valence-electron chi connectivity index (χ0n) is 9.73. The van der Waals surface area contributed by atoms with Gasteiger partial charge in [0.25, 0.3) is 5.91 Å². The molecule has 1 aromatic rings. The van der Waals surface area contributed by atoms with E-state index in [0.717, 1.165) is 16.2 Å². The average Bonchev–Trinajstić information content (AvgIpc) is 2.68. The van der Waals surface area contributed by atoms with E-state index in [0.29, 0.717) is 10.2 Å². The Morgan fingerprint density at radius 2 is 2.17 bits per heavy atom. The number of thiocarbonyl (C=S) groups is 1. The van der Waals surface area contributed by atoms with Gasteiger partial charge in [0.1, 0.15) is 4.32 Å². The molecule has 5 heteroatoms. The Balaban J connectivity index is 2.19. The maximum absolute atomic E-state index is 12.0. The maximum atomic E-state index is 12.0. The molecule has 1 atom stereocenters. The van der Waals surface area contributed by atoms with Crippen molar-refractivity contribution in [3.8, 4) is 0 Å². The van der Waals surface area contributed by atoms with Crippen molar-refractivity contribution in [2.75, 3.05) is 5.75 Å². The quantitative estimate of drug-likeness (QED) is 0.587. The summed E-state index contributed by atoms with van der Waals surface area (Å²) in [7, 11) is 0. The number of rotatable bonds is 0. The number of nitrogens with one attached hydrogen (secondary N) is 1. The van der Waals surface area contributed by atoms with Crippen LogP contribution in [0.2, 0.25) is 0 Å². The van der Waals surface area contributed by atoms with Crippen molar-refractivity contribution >= 4 is 51.5 Å². The minimum atomic E-state index is -0.0476. The van der Waals surface area contributed by atoms with E-state index in [2.05, 4.69) is 24.4 Å². The topological polar surface area (TPSA) is 29.1 Å². The number of hydrogen-bond donors (Lipinski definition) is 1. The number of allylic oxidation sites excluding steroid dienone is 1. The van der Waals surface area contributed by atoms with Gasteiger partial charge in [-0.15, -0.1) is 11.8 Å². The first-order valence-electron chi connectivity index (χ1n) is 5.66. The van der Waals surface area contributed by atoms with Crippen molar-refractivity contribution in [1.29, 1.82) is 0 Å². The summed E-state index contributed by atoms with van der Waals surface area (Å²) in [6.07, 6.45) is 0. The molecule has 0 saturated carbocycles. The number of amides is 1. The van der Waals surface area contributed by atoms with Gasteiger partial charge in [0.05, 0.1) is 4.91 Å². The van der Waals surface area contributed by atoms with Crippen molar-refractivity contribution in [2.45, 2.75) is 11.8 Å². The number of benzene rings is 1. The van der Waals surface area contributed by atoms with E-state index in [-0.39, 0.29) is 5.91 Å². The predicted octanol–water partition coefficient (Wildman–Crippen LogP) is 3.29. The number of hydrogen-bond acceptors (Lipinski definition) is 4. The van der Waals surface area contributed by atoms with Crippen molar-refractivity contribution in [2.24, 2.45) is 5.92 Å². The summed E-state index contributed by atoms with van der Waals surface area (Å²) in [6, 6.07) is 8.27. The number of fused-ring (bicyclic) bond motifs is 1. The Kier molecular flexibility index (Phi) is 3.21. The van der Waals surface area contributed by atoms with Gasteiger partial charge in [-0.3, -0.25) is 4.79 Å². The van der Waals surface area contributed by atoms with Crippen LogP contribution >= 0.6 is 35.7 Å². The molecular weight excluding hydrogens is 282 g/mol. The molecule has 2 heterocycles. The first kappa shape index (κ1) is 12.3. The van der Waals surface area contributed by atoms with E-state index in [9.17, 15) is 4.79 Å². The fourth-order valence-electron chi connectivity index (χ4n) is 2.22. The second-order valence-corrected chi connectivity index (χ2v) is 7.04. The highest BCUT2D eigenvalue weighted by atomic mass is 32.2. The summed E-state index contributed by atoms with van der Waals surface area (Å²) in [6.45, 7) is 2.17. The Bertz CT molecular complexity index is 579. The van der Waals surface area contributed by atoms with Crippen LogP contribution in [0.3, 0.4) is 0 Å². The first-order chi connectivity index (χ1) is 8.66. The molecule has 2 aliphatic rings. The highest BCUT2D eigenvalue weighted by molar-refractivity contribution is 8.26. The fourth-order valence-corrected chi connectivity index (χ4v) is 4.56. The van der Waals surface area contributed by atoms with E-state index >= 15 is 0 Å². The number of carbonyl (C=O) groups excluding carboxylic acids is 1. The van der Waals surface area contributed by atoms with E-state index < -0.39 is 0 Å². The highest BCUT2D eigenvalue weighted by Crippen LogP contribution is 2.45. The van der Waals surface area contributed by atoms with Gasteiger partial charge in [-0.2, -0.15) is 0 Å². The summed E-state index contributed by atoms with van der Waals surface area (Å²) < 4.78 is 0.561. The van der Waals surface area contributed by atoms with E-state index in [4.69, 9.17) is 12.2 Å². The van der Waals surface area contributed by atoms with Crippen LogP contribution in [0.15, 0.2) is 34.1 Å². The molecule has 0 spiro atoms. The molecule has 1 N–H and O–H groups in total. The van der Waals surface area contributed by atoms with Crippen molar-refractivity contribution < 1.29 is 4.79 Å². The van der Waals surface area contributed by atoms with Crippen molar-refractivity contribution in [1.82, 2.24) is 5.32 Å². The molecule has 1 unspecified atom stereocenters. The molecule has 1 aromatic carbocycles. The molecule has 18 heavy (non-hydrogen) atoms. The summed E-state index contributed by atoms with van der Waals surface area (Å²) in [5.41, 5.74) is 2.33. The van der Waals surface area contributed by atoms with Crippen LogP contribution in [0, 0.1) is 5.92 Å². The van der Waals surface area contributed by atoms with Crippen LogP contribution in [0.5, 0.6) is 0 Å². The Labute approximate surface area is 120 Å². The zero-order chi connectivity index (χ0) is 12.7. The largest absolute Gasteiger partial charge is 0.307 e. The molecule has 1 fully saturated rings. The molecule has 0 bridgehead atoms. The van der Waals surface area contributed by atoms with Crippen LogP contribution in [-0.2, 0) is 4.79 Å². The normalized spacial score (nSPS) is 27.1. The highest BCUT2D eigenvalue weighted by Gasteiger charge is 2.31. The zero-order valence-corrected chi connectivity index (χ0v) is 12.2. The summed E-state index contributed by atoms with van der Waals surface area (Å²) in [4.78, 5) is 14.0. The van der Waals surface area contributed by atoms with Gasteiger partial charge in [-0.25, -0.2) is 0 Å². The summed E-state index contributed by atoms with van der Waals surface area (Å²) in [5.74, 6) is 1.34. The Morgan fingerprint density at radius 1 is 1.39 bits per heavy atom. The van der Waals surface area contributed by atoms with Gasteiger partial charge in [-0.1, -0.05) is 49.1 Å². The van der Waals surface area contributed by atoms with Crippen LogP contribution in [0.4, 0.5) is 0 Å².